The minimum absolute atomic E-state index is 0.250. The third-order valence-corrected chi connectivity index (χ3v) is 13.7. The van der Waals surface area contributed by atoms with Gasteiger partial charge in [0.05, 0.1) is 22.1 Å². The number of allylic oxidation sites excluding steroid dienone is 1. The molecule has 7 aromatic carbocycles. The van der Waals surface area contributed by atoms with Crippen LogP contribution in [0, 0.1) is 0 Å². The van der Waals surface area contributed by atoms with Gasteiger partial charge >= 0.3 is 0 Å². The number of furan rings is 1. The maximum Gasteiger partial charge on any atom is 0.145 e. The standard InChI is InChI=1S/C52H38N2OS/c1-31-27-36(29-47-48(31)39-17-9-12-20-46(39)56-47)53(34-13-5-4-6-14-34)35-24-21-32(22-25-35)33-23-26-44-41(28-33)52(2,3)42-30-40-37-15-8-11-19-45(37)55-51(40)49-38-16-7-10-18-43(38)54(44)50(42)49/h4-26,28-31H,27H2,1-3H3. The molecule has 3 aromatic heterocycles. The maximum absolute atomic E-state index is 6.65. The molecular weight excluding hydrogens is 701 g/mol. The number of rotatable bonds is 4. The Morgan fingerprint density at radius 1 is 0.661 bits per heavy atom. The minimum Gasteiger partial charge on any atom is -0.455 e. The Morgan fingerprint density at radius 2 is 1.36 bits per heavy atom. The van der Waals surface area contributed by atoms with Crippen molar-refractivity contribution in [3.05, 3.63) is 179 Å². The molecule has 0 spiro atoms. The Morgan fingerprint density at radius 3 is 2.20 bits per heavy atom. The fraction of sp³-hybridized carbons (Fsp3) is 0.115. The summed E-state index contributed by atoms with van der Waals surface area (Å²) in [5.41, 5.74) is 15.6. The van der Waals surface area contributed by atoms with E-state index in [-0.39, 0.29) is 5.41 Å². The van der Waals surface area contributed by atoms with Crippen LogP contribution < -0.4 is 4.90 Å². The van der Waals surface area contributed by atoms with Crippen molar-refractivity contribution in [1.82, 2.24) is 4.57 Å². The highest BCUT2D eigenvalue weighted by atomic mass is 32.1. The van der Waals surface area contributed by atoms with Crippen LogP contribution in [0.15, 0.2) is 162 Å². The van der Waals surface area contributed by atoms with Gasteiger partial charge in [-0.2, -0.15) is 0 Å². The number of aromatic nitrogens is 1. The number of hydrogen-bond acceptors (Lipinski definition) is 3. The van der Waals surface area contributed by atoms with Crippen molar-refractivity contribution in [1.29, 1.82) is 0 Å². The quantitative estimate of drug-likeness (QED) is 0.179. The number of hydrogen-bond donors (Lipinski definition) is 0. The lowest BCUT2D eigenvalue weighted by Gasteiger charge is -2.35. The van der Waals surface area contributed by atoms with E-state index in [1.807, 2.05) is 11.3 Å². The second kappa shape index (κ2) is 11.6. The van der Waals surface area contributed by atoms with Crippen molar-refractivity contribution in [3.8, 4) is 16.8 Å². The molecule has 1 unspecified atom stereocenters. The second-order valence-corrected chi connectivity index (χ2v) is 17.3. The molecular formula is C52H38N2OS. The fourth-order valence-corrected chi connectivity index (χ4v) is 11.2. The third kappa shape index (κ3) is 4.39. The summed E-state index contributed by atoms with van der Waals surface area (Å²) in [4.78, 5) is 3.84. The first-order valence-electron chi connectivity index (χ1n) is 19.6. The number of para-hydroxylation sites is 3. The zero-order chi connectivity index (χ0) is 37.3. The van der Waals surface area contributed by atoms with E-state index in [0.717, 1.165) is 17.6 Å². The largest absolute Gasteiger partial charge is 0.455 e. The average Bonchev–Trinajstić information content (AvgIpc) is 3.91. The molecule has 0 amide bonds. The van der Waals surface area contributed by atoms with E-state index in [0.29, 0.717) is 5.92 Å². The van der Waals surface area contributed by atoms with Gasteiger partial charge in [0.15, 0.2) is 0 Å². The molecule has 3 nitrogen and oxygen atoms in total. The zero-order valence-electron chi connectivity index (χ0n) is 31.5. The lowest BCUT2D eigenvalue weighted by Crippen LogP contribution is -2.26. The summed E-state index contributed by atoms with van der Waals surface area (Å²) in [5, 5.41) is 6.19. The molecule has 0 N–H and O–H groups in total. The van der Waals surface area contributed by atoms with Crippen LogP contribution >= 0.6 is 11.3 Å². The molecule has 56 heavy (non-hydrogen) atoms. The van der Waals surface area contributed by atoms with Gasteiger partial charge in [-0.1, -0.05) is 112 Å². The minimum atomic E-state index is -0.250. The lowest BCUT2D eigenvalue weighted by molar-refractivity contribution is 0.630. The number of anilines is 2. The van der Waals surface area contributed by atoms with Crippen LogP contribution in [0.25, 0.3) is 76.7 Å². The van der Waals surface area contributed by atoms with Gasteiger partial charge in [-0.3, -0.25) is 0 Å². The van der Waals surface area contributed by atoms with Crippen LogP contribution in [0.3, 0.4) is 0 Å². The van der Waals surface area contributed by atoms with Crippen molar-refractivity contribution >= 4 is 82.6 Å². The number of fused-ring (bicyclic) bond motifs is 12. The van der Waals surface area contributed by atoms with Crippen LogP contribution in [0.1, 0.15) is 54.7 Å². The highest BCUT2D eigenvalue weighted by Gasteiger charge is 2.37. The summed E-state index contributed by atoms with van der Waals surface area (Å²) in [6.45, 7) is 7.16. The predicted molar refractivity (Wildman–Crippen MR) is 237 cm³/mol. The van der Waals surface area contributed by atoms with Crippen LogP contribution in [0.4, 0.5) is 11.4 Å². The van der Waals surface area contributed by atoms with Crippen molar-refractivity contribution in [3.63, 3.8) is 0 Å². The predicted octanol–water partition coefficient (Wildman–Crippen LogP) is 14.9. The van der Waals surface area contributed by atoms with E-state index in [1.54, 1.807) is 0 Å². The second-order valence-electron chi connectivity index (χ2n) is 16.2. The summed E-state index contributed by atoms with van der Waals surface area (Å²) in [7, 11) is 0. The number of thiophene rings is 1. The van der Waals surface area contributed by atoms with Crippen LogP contribution in [0.2, 0.25) is 0 Å². The Hall–Kier alpha value is -6.36. The molecule has 4 heterocycles. The Balaban J connectivity index is 0.989. The monoisotopic (exact) mass is 738 g/mol. The summed E-state index contributed by atoms with van der Waals surface area (Å²) in [6.07, 6.45) is 3.42. The van der Waals surface area contributed by atoms with E-state index in [9.17, 15) is 0 Å². The van der Waals surface area contributed by atoms with Gasteiger partial charge in [-0.25, -0.2) is 0 Å². The molecule has 1 aliphatic carbocycles. The van der Waals surface area contributed by atoms with Gasteiger partial charge in [0.25, 0.3) is 0 Å². The first-order chi connectivity index (χ1) is 27.4. The molecule has 0 saturated carbocycles. The molecule has 1 aliphatic heterocycles. The molecule has 1 atom stereocenters. The summed E-state index contributed by atoms with van der Waals surface area (Å²) >= 11 is 1.91. The summed E-state index contributed by atoms with van der Waals surface area (Å²) in [6, 6.07) is 55.7. The normalized spacial score (nSPS) is 15.8. The zero-order valence-corrected chi connectivity index (χ0v) is 32.3. The maximum atomic E-state index is 6.65. The lowest BCUT2D eigenvalue weighted by atomic mass is 9.73. The van der Waals surface area contributed by atoms with Crippen LogP contribution in [-0.2, 0) is 5.41 Å². The molecule has 2 aliphatic rings. The number of nitrogens with zero attached hydrogens (tertiary/aromatic N) is 2. The van der Waals surface area contributed by atoms with Gasteiger partial charge in [0.1, 0.15) is 11.2 Å². The molecule has 0 fully saturated rings. The van der Waals surface area contributed by atoms with Crippen molar-refractivity contribution < 1.29 is 4.42 Å². The van der Waals surface area contributed by atoms with Crippen molar-refractivity contribution in [2.45, 2.75) is 38.5 Å². The van der Waals surface area contributed by atoms with Gasteiger partial charge in [0.2, 0.25) is 0 Å². The Labute approximate surface area is 329 Å². The molecule has 4 heteroatoms. The SMILES string of the molecule is CC1CC(N(c2ccccc2)c2ccc(-c3ccc4c(c3)C(C)(C)c3cc5c6ccccc6oc5c5c6ccccc6n-4c35)cc2)=Cc2sc3ccccc3c21. The fourth-order valence-electron chi connectivity index (χ4n) is 9.96. The van der Waals surface area contributed by atoms with Gasteiger partial charge in [-0.15, -0.1) is 11.3 Å². The van der Waals surface area contributed by atoms with Gasteiger partial charge in [0, 0.05) is 48.2 Å². The molecule has 0 bridgehead atoms. The van der Waals surface area contributed by atoms with E-state index in [2.05, 4.69) is 188 Å². The molecule has 268 valence electrons. The Kier molecular flexibility index (Phi) is 6.60. The molecule has 10 aromatic rings. The van der Waals surface area contributed by atoms with E-state index >= 15 is 0 Å². The van der Waals surface area contributed by atoms with Gasteiger partial charge < -0.3 is 13.9 Å². The highest BCUT2D eigenvalue weighted by Crippen LogP contribution is 2.52. The Bertz CT molecular complexity index is 3270. The van der Waals surface area contributed by atoms with Crippen LogP contribution in [0.5, 0.6) is 0 Å². The van der Waals surface area contributed by atoms with Crippen molar-refractivity contribution in [2.24, 2.45) is 0 Å². The molecule has 12 rings (SSSR count). The van der Waals surface area contributed by atoms with E-state index in [1.165, 1.54) is 98.1 Å². The van der Waals surface area contributed by atoms with Gasteiger partial charge in [-0.05, 0) is 112 Å². The first-order valence-corrected chi connectivity index (χ1v) is 20.5. The topological polar surface area (TPSA) is 21.3 Å². The highest BCUT2D eigenvalue weighted by molar-refractivity contribution is 7.20. The first kappa shape index (κ1) is 31.9. The molecule has 0 radical (unpaired) electrons. The van der Waals surface area contributed by atoms with Crippen molar-refractivity contribution in [2.75, 3.05) is 4.90 Å². The summed E-state index contributed by atoms with van der Waals surface area (Å²) in [5.74, 6) is 0.428. The molecule has 0 saturated heterocycles. The van der Waals surface area contributed by atoms with Crippen LogP contribution in [-0.4, -0.2) is 4.57 Å². The average molecular weight is 739 g/mol. The van der Waals surface area contributed by atoms with E-state index in [4.69, 9.17) is 4.42 Å². The third-order valence-electron chi connectivity index (χ3n) is 12.6. The number of benzene rings is 7. The van der Waals surface area contributed by atoms with E-state index < -0.39 is 0 Å². The smallest absolute Gasteiger partial charge is 0.145 e. The summed E-state index contributed by atoms with van der Waals surface area (Å²) < 4.78 is 10.5.